The van der Waals surface area contributed by atoms with E-state index in [1.54, 1.807) is 0 Å². The maximum atomic E-state index is 5.63. The molecule has 5 heteroatoms. The van der Waals surface area contributed by atoms with E-state index in [0.29, 0.717) is 18.9 Å². The molecule has 0 aromatic rings. The van der Waals surface area contributed by atoms with Crippen molar-refractivity contribution < 1.29 is 18.9 Å². The predicted molar refractivity (Wildman–Crippen MR) is 51.3 cm³/mol. The third kappa shape index (κ3) is 2.03. The maximum absolute atomic E-state index is 5.63. The molecule has 0 spiro atoms. The Balaban J connectivity index is 1.60. The molecule has 4 aliphatic rings. The summed E-state index contributed by atoms with van der Waals surface area (Å²) in [6.45, 7) is 4.66. The number of hydrogen-bond donors (Lipinski definition) is 1. The van der Waals surface area contributed by atoms with E-state index in [9.17, 15) is 0 Å². The van der Waals surface area contributed by atoms with Gasteiger partial charge in [0.15, 0.2) is 0 Å². The van der Waals surface area contributed by atoms with Crippen LogP contribution >= 0.6 is 0 Å². The third-order valence-electron chi connectivity index (χ3n) is 3.11. The number of fused-ring (bicyclic) bond motifs is 3. The molecule has 0 amide bonds. The van der Waals surface area contributed by atoms with Gasteiger partial charge >= 0.3 is 0 Å². The van der Waals surface area contributed by atoms with Crippen molar-refractivity contribution >= 4 is 0 Å². The van der Waals surface area contributed by atoms with Gasteiger partial charge in [0.05, 0.1) is 33.0 Å². The molecule has 4 saturated heterocycles. The summed E-state index contributed by atoms with van der Waals surface area (Å²) < 4.78 is 22.3. The van der Waals surface area contributed by atoms with Crippen molar-refractivity contribution in [3.05, 3.63) is 0 Å². The van der Waals surface area contributed by atoms with E-state index in [1.807, 2.05) is 0 Å². The maximum Gasteiger partial charge on any atom is 0.284 e. The second-order valence-corrected chi connectivity index (χ2v) is 4.41. The minimum absolute atomic E-state index is 0.272. The van der Waals surface area contributed by atoms with Crippen LogP contribution in [0.25, 0.3) is 0 Å². The van der Waals surface area contributed by atoms with Crippen LogP contribution in [0.2, 0.25) is 0 Å². The third-order valence-corrected chi connectivity index (χ3v) is 3.11. The van der Waals surface area contributed by atoms with Crippen LogP contribution in [0.1, 0.15) is 6.42 Å². The lowest BCUT2D eigenvalue weighted by Gasteiger charge is -2.46. The lowest BCUT2D eigenvalue weighted by atomic mass is 10.1. The smallest absolute Gasteiger partial charge is 0.284 e. The number of morpholine rings is 1. The van der Waals surface area contributed by atoms with Gasteiger partial charge in [-0.25, -0.2) is 0 Å². The molecule has 0 aromatic carbocycles. The van der Waals surface area contributed by atoms with Crippen molar-refractivity contribution in [1.82, 2.24) is 5.32 Å². The van der Waals surface area contributed by atoms with E-state index < -0.39 is 5.97 Å². The van der Waals surface area contributed by atoms with Crippen LogP contribution in [-0.4, -0.2) is 51.6 Å². The van der Waals surface area contributed by atoms with E-state index in [-0.39, 0.29) is 6.04 Å². The highest BCUT2D eigenvalue weighted by molar-refractivity contribution is 4.81. The number of hydrogen-bond acceptors (Lipinski definition) is 5. The topological polar surface area (TPSA) is 49.0 Å². The average Bonchev–Trinajstić information content (AvgIpc) is 2.32. The molecule has 2 bridgehead atoms. The van der Waals surface area contributed by atoms with E-state index in [0.717, 1.165) is 33.0 Å². The molecule has 0 aliphatic carbocycles. The first-order valence-corrected chi connectivity index (χ1v) is 5.59. The lowest BCUT2D eigenvalue weighted by Crippen LogP contribution is -2.57. The minimum atomic E-state index is -0.798. The predicted octanol–water partition coefficient (Wildman–Crippen LogP) is -0.288. The van der Waals surface area contributed by atoms with Crippen molar-refractivity contribution in [3.63, 3.8) is 0 Å². The van der Waals surface area contributed by atoms with Gasteiger partial charge in [0.1, 0.15) is 0 Å². The highest BCUT2D eigenvalue weighted by Crippen LogP contribution is 2.33. The number of nitrogens with one attached hydrogen (secondary N) is 1. The molecule has 15 heavy (non-hydrogen) atoms. The van der Waals surface area contributed by atoms with Gasteiger partial charge in [-0.1, -0.05) is 0 Å². The summed E-state index contributed by atoms with van der Waals surface area (Å²) in [6.07, 6.45) is 0.708. The van der Waals surface area contributed by atoms with Crippen molar-refractivity contribution in [3.8, 4) is 0 Å². The van der Waals surface area contributed by atoms with Gasteiger partial charge in [0, 0.05) is 24.9 Å². The van der Waals surface area contributed by atoms with Crippen molar-refractivity contribution in [2.45, 2.75) is 18.4 Å². The summed E-state index contributed by atoms with van der Waals surface area (Å²) in [7, 11) is 0. The molecule has 86 valence electrons. The molecule has 4 fully saturated rings. The molecule has 1 atom stereocenters. The lowest BCUT2D eigenvalue weighted by molar-refractivity contribution is -0.451. The van der Waals surface area contributed by atoms with Crippen molar-refractivity contribution in [2.24, 2.45) is 5.92 Å². The summed E-state index contributed by atoms with van der Waals surface area (Å²) >= 11 is 0. The molecule has 4 heterocycles. The van der Waals surface area contributed by atoms with Crippen molar-refractivity contribution in [2.75, 3.05) is 39.6 Å². The zero-order valence-electron chi connectivity index (χ0n) is 8.74. The molecule has 0 aromatic heterocycles. The molecule has 4 aliphatic heterocycles. The Labute approximate surface area is 89.0 Å². The summed E-state index contributed by atoms with van der Waals surface area (Å²) in [5.74, 6) is -0.380. The van der Waals surface area contributed by atoms with Gasteiger partial charge in [-0.05, 0) is 0 Å². The Morgan fingerprint density at radius 1 is 1.07 bits per heavy atom. The molecule has 0 radical (unpaired) electrons. The molecular formula is C10H17NO4. The zero-order chi connectivity index (χ0) is 10.1. The van der Waals surface area contributed by atoms with Crippen LogP contribution in [0.5, 0.6) is 0 Å². The first-order chi connectivity index (χ1) is 7.36. The van der Waals surface area contributed by atoms with E-state index in [1.165, 1.54) is 0 Å². The van der Waals surface area contributed by atoms with Crippen LogP contribution in [0.3, 0.4) is 0 Å². The highest BCUT2D eigenvalue weighted by Gasteiger charge is 2.46. The fourth-order valence-corrected chi connectivity index (χ4v) is 2.23. The van der Waals surface area contributed by atoms with Crippen LogP contribution < -0.4 is 5.32 Å². The molecule has 5 nitrogen and oxygen atoms in total. The normalized spacial score (nSPS) is 45.6. The van der Waals surface area contributed by atoms with E-state index >= 15 is 0 Å². The van der Waals surface area contributed by atoms with Crippen LogP contribution in [0.4, 0.5) is 0 Å². The first kappa shape index (κ1) is 9.99. The van der Waals surface area contributed by atoms with Crippen LogP contribution in [-0.2, 0) is 18.9 Å². The molecule has 0 saturated carbocycles. The first-order valence-electron chi connectivity index (χ1n) is 5.59. The number of rotatable bonds is 2. The summed E-state index contributed by atoms with van der Waals surface area (Å²) in [6, 6.07) is 0.272. The average molecular weight is 215 g/mol. The summed E-state index contributed by atoms with van der Waals surface area (Å²) in [5.41, 5.74) is 0. The molecular weight excluding hydrogens is 198 g/mol. The standard InChI is InChI=1S/C10H17NO4/c1-2-12-7-9(11-1)3-10-13-4-8(5-14-10)6-15-10/h8-9,11H,1-7H2. The van der Waals surface area contributed by atoms with Gasteiger partial charge in [-0.3, -0.25) is 0 Å². The van der Waals surface area contributed by atoms with Gasteiger partial charge < -0.3 is 24.3 Å². The Bertz CT molecular complexity index is 208. The van der Waals surface area contributed by atoms with Gasteiger partial charge in [0.2, 0.25) is 0 Å². The molecule has 1 N–H and O–H groups in total. The molecule has 1 unspecified atom stereocenters. The Kier molecular flexibility index (Phi) is 2.66. The van der Waals surface area contributed by atoms with Gasteiger partial charge in [-0.2, -0.15) is 0 Å². The quantitative estimate of drug-likeness (QED) is 0.686. The van der Waals surface area contributed by atoms with Gasteiger partial charge in [-0.15, -0.1) is 0 Å². The monoisotopic (exact) mass is 215 g/mol. The Morgan fingerprint density at radius 3 is 2.40 bits per heavy atom. The van der Waals surface area contributed by atoms with Gasteiger partial charge in [0.25, 0.3) is 5.97 Å². The summed E-state index contributed by atoms with van der Waals surface area (Å²) in [5, 5.41) is 3.38. The highest BCUT2D eigenvalue weighted by atomic mass is 16.9. The largest absolute Gasteiger partial charge is 0.379 e. The second kappa shape index (κ2) is 3.99. The summed E-state index contributed by atoms with van der Waals surface area (Å²) in [4.78, 5) is 0. The van der Waals surface area contributed by atoms with E-state index in [4.69, 9.17) is 18.9 Å². The second-order valence-electron chi connectivity index (χ2n) is 4.41. The Hall–Kier alpha value is -0.200. The Morgan fingerprint density at radius 2 is 1.80 bits per heavy atom. The van der Waals surface area contributed by atoms with Crippen LogP contribution in [0.15, 0.2) is 0 Å². The fourth-order valence-electron chi connectivity index (χ4n) is 2.23. The van der Waals surface area contributed by atoms with Crippen LogP contribution in [0, 0.1) is 5.92 Å². The number of ether oxygens (including phenoxy) is 4. The van der Waals surface area contributed by atoms with Crippen molar-refractivity contribution in [1.29, 1.82) is 0 Å². The van der Waals surface area contributed by atoms with E-state index in [2.05, 4.69) is 5.32 Å². The molecule has 4 rings (SSSR count). The fraction of sp³-hybridized carbons (Fsp3) is 1.00. The zero-order valence-corrected chi connectivity index (χ0v) is 8.74. The SMILES string of the molecule is C1COCC(CC23OCC(CO2)CO3)N1. The minimum Gasteiger partial charge on any atom is -0.379 e.